The molecule has 204 valence electrons. The summed E-state index contributed by atoms with van der Waals surface area (Å²) in [6, 6.07) is 15.7. The van der Waals surface area contributed by atoms with Gasteiger partial charge in [0.25, 0.3) is 11.8 Å². The Morgan fingerprint density at radius 3 is 2.38 bits per heavy atom. The van der Waals surface area contributed by atoms with Crippen LogP contribution >= 0.6 is 0 Å². The zero-order chi connectivity index (χ0) is 28.9. The largest absolute Gasteiger partial charge is 0.490 e. The topological polar surface area (TPSA) is 102 Å². The number of halogens is 3. The van der Waals surface area contributed by atoms with E-state index in [0.29, 0.717) is 11.0 Å². The highest BCUT2D eigenvalue weighted by Gasteiger charge is 2.38. The number of nitrogens with one attached hydrogen (secondary N) is 1. The van der Waals surface area contributed by atoms with Gasteiger partial charge in [-0.2, -0.15) is 13.2 Å². The number of esters is 1. The lowest BCUT2D eigenvalue weighted by Crippen LogP contribution is -2.54. The fraction of sp³-hybridized carbons (Fsp3) is 0.103. The van der Waals surface area contributed by atoms with Gasteiger partial charge in [-0.3, -0.25) is 14.9 Å². The molecule has 0 bridgehead atoms. The number of carbonyl (C=O) groups is 4. The number of rotatable bonds is 7. The number of hydrogen-bond donors (Lipinski definition) is 1. The Balaban J connectivity index is 1.60. The van der Waals surface area contributed by atoms with Crippen LogP contribution in [0, 0.1) is 0 Å². The molecule has 0 unspecified atom stereocenters. The number of hydrogen-bond acceptors (Lipinski definition) is 6. The van der Waals surface area contributed by atoms with Crippen molar-refractivity contribution in [2.24, 2.45) is 0 Å². The van der Waals surface area contributed by atoms with Gasteiger partial charge in [-0.1, -0.05) is 42.5 Å². The maximum atomic E-state index is 13.2. The molecule has 0 radical (unpaired) electrons. The van der Waals surface area contributed by atoms with Gasteiger partial charge in [-0.25, -0.2) is 14.5 Å². The van der Waals surface area contributed by atoms with Crippen LogP contribution in [-0.2, 0) is 20.6 Å². The number of imide groups is 2. The molecule has 8 nitrogen and oxygen atoms in total. The first-order valence-corrected chi connectivity index (χ1v) is 11.9. The SMILES string of the molecule is CCOc1cc(/C=C2\C(=O)NC(=O)N(c3cccc(C(F)(F)F)c3)C2=O)ccc1OC(=O)/C=C/c1ccccc1. The molecule has 3 aromatic rings. The monoisotopic (exact) mass is 550 g/mol. The molecule has 3 aromatic carbocycles. The minimum absolute atomic E-state index is 0.0758. The first-order chi connectivity index (χ1) is 19.1. The molecule has 1 heterocycles. The van der Waals surface area contributed by atoms with E-state index >= 15 is 0 Å². The van der Waals surface area contributed by atoms with Gasteiger partial charge >= 0.3 is 18.2 Å². The van der Waals surface area contributed by atoms with Gasteiger partial charge in [0.05, 0.1) is 17.9 Å². The fourth-order valence-electron chi connectivity index (χ4n) is 3.72. The molecular formula is C29H21F3N2O6. The van der Waals surface area contributed by atoms with E-state index in [4.69, 9.17) is 9.47 Å². The van der Waals surface area contributed by atoms with Gasteiger partial charge in [0.15, 0.2) is 11.5 Å². The molecule has 1 saturated heterocycles. The number of amides is 4. The highest BCUT2D eigenvalue weighted by atomic mass is 19.4. The van der Waals surface area contributed by atoms with Gasteiger partial charge in [0, 0.05) is 6.08 Å². The summed E-state index contributed by atoms with van der Waals surface area (Å²) in [4.78, 5) is 50.8. The molecule has 1 fully saturated rings. The summed E-state index contributed by atoms with van der Waals surface area (Å²) in [5, 5.41) is 1.96. The van der Waals surface area contributed by atoms with E-state index in [1.165, 1.54) is 24.3 Å². The van der Waals surface area contributed by atoms with Crippen LogP contribution in [0.5, 0.6) is 11.5 Å². The van der Waals surface area contributed by atoms with Crippen molar-refractivity contribution in [1.82, 2.24) is 5.32 Å². The average molecular weight is 550 g/mol. The van der Waals surface area contributed by atoms with Crippen molar-refractivity contribution in [2.75, 3.05) is 11.5 Å². The lowest BCUT2D eigenvalue weighted by molar-refractivity contribution is -0.137. The van der Waals surface area contributed by atoms with Gasteiger partial charge in [0.1, 0.15) is 5.57 Å². The molecule has 0 saturated carbocycles. The van der Waals surface area contributed by atoms with Crippen LogP contribution in [0.3, 0.4) is 0 Å². The Labute approximate surface area is 226 Å². The van der Waals surface area contributed by atoms with Gasteiger partial charge in [-0.15, -0.1) is 0 Å². The summed E-state index contributed by atoms with van der Waals surface area (Å²) in [5.41, 5.74) is -0.885. The highest BCUT2D eigenvalue weighted by molar-refractivity contribution is 6.39. The smallest absolute Gasteiger partial charge is 0.416 e. The Morgan fingerprint density at radius 1 is 0.925 bits per heavy atom. The van der Waals surface area contributed by atoms with Crippen LogP contribution in [0.4, 0.5) is 23.7 Å². The third kappa shape index (κ3) is 6.44. The standard InChI is InChI=1S/C29H21F3N2O6/c1-2-39-24-16-19(11-13-23(24)40-25(35)14-12-18-7-4-3-5-8-18)15-22-26(36)33-28(38)34(27(22)37)21-10-6-9-20(17-21)29(30,31)32/h3-17H,2H2,1H3,(H,33,36,38)/b14-12+,22-15+. The molecule has 0 spiro atoms. The Hall–Kier alpha value is -5.19. The van der Waals surface area contributed by atoms with Gasteiger partial charge in [-0.05, 0) is 60.5 Å². The van der Waals surface area contributed by atoms with Crippen LogP contribution in [0.25, 0.3) is 12.2 Å². The van der Waals surface area contributed by atoms with E-state index in [9.17, 15) is 32.3 Å². The number of ether oxygens (including phenoxy) is 2. The quantitative estimate of drug-likeness (QED) is 0.183. The zero-order valence-electron chi connectivity index (χ0n) is 20.9. The first kappa shape index (κ1) is 27.8. The second-order valence-electron chi connectivity index (χ2n) is 8.31. The molecule has 0 atom stereocenters. The number of nitrogens with zero attached hydrogens (tertiary/aromatic N) is 1. The van der Waals surface area contributed by atoms with Crippen molar-refractivity contribution >= 4 is 41.7 Å². The van der Waals surface area contributed by atoms with E-state index in [1.54, 1.807) is 13.0 Å². The predicted molar refractivity (Wildman–Crippen MR) is 139 cm³/mol. The van der Waals surface area contributed by atoms with E-state index in [2.05, 4.69) is 0 Å². The number of alkyl halides is 3. The predicted octanol–water partition coefficient (Wildman–Crippen LogP) is 5.39. The van der Waals surface area contributed by atoms with Gasteiger partial charge < -0.3 is 9.47 Å². The van der Waals surface area contributed by atoms with Crippen LogP contribution in [0.15, 0.2) is 84.4 Å². The Bertz CT molecular complexity index is 1530. The third-order valence-electron chi connectivity index (χ3n) is 5.53. The zero-order valence-corrected chi connectivity index (χ0v) is 20.9. The minimum atomic E-state index is -4.71. The maximum Gasteiger partial charge on any atom is 0.416 e. The van der Waals surface area contributed by atoms with Crippen molar-refractivity contribution < 1.29 is 41.8 Å². The molecule has 1 aliphatic heterocycles. The second-order valence-corrected chi connectivity index (χ2v) is 8.31. The number of urea groups is 1. The van der Waals surface area contributed by atoms with Crippen LogP contribution < -0.4 is 19.7 Å². The molecule has 0 aromatic heterocycles. The molecular weight excluding hydrogens is 529 g/mol. The molecule has 40 heavy (non-hydrogen) atoms. The number of barbiturate groups is 1. The molecule has 1 N–H and O–H groups in total. The minimum Gasteiger partial charge on any atom is -0.490 e. The first-order valence-electron chi connectivity index (χ1n) is 11.9. The van der Waals surface area contributed by atoms with Crippen molar-refractivity contribution in [1.29, 1.82) is 0 Å². The summed E-state index contributed by atoms with van der Waals surface area (Å²) in [7, 11) is 0. The Kier molecular flexibility index (Phi) is 8.13. The van der Waals surface area contributed by atoms with E-state index in [1.807, 2.05) is 35.6 Å². The van der Waals surface area contributed by atoms with Crippen LogP contribution in [0.2, 0.25) is 0 Å². The highest BCUT2D eigenvalue weighted by Crippen LogP contribution is 2.33. The fourth-order valence-corrected chi connectivity index (χ4v) is 3.72. The summed E-state index contributed by atoms with van der Waals surface area (Å²) in [6.45, 7) is 1.89. The van der Waals surface area contributed by atoms with Crippen molar-refractivity contribution in [2.45, 2.75) is 13.1 Å². The molecule has 11 heteroatoms. The van der Waals surface area contributed by atoms with Crippen molar-refractivity contribution in [3.05, 3.63) is 101 Å². The molecule has 4 amide bonds. The second kappa shape index (κ2) is 11.7. The van der Waals surface area contributed by atoms with Crippen LogP contribution in [-0.4, -0.2) is 30.4 Å². The number of carbonyl (C=O) groups excluding carboxylic acids is 4. The molecule has 1 aliphatic rings. The Morgan fingerprint density at radius 2 is 1.68 bits per heavy atom. The van der Waals surface area contributed by atoms with Crippen molar-refractivity contribution in [3.8, 4) is 11.5 Å². The summed E-state index contributed by atoms with van der Waals surface area (Å²) >= 11 is 0. The molecule has 0 aliphatic carbocycles. The van der Waals surface area contributed by atoms with E-state index < -0.39 is 41.1 Å². The van der Waals surface area contributed by atoms with E-state index in [0.717, 1.165) is 29.8 Å². The average Bonchev–Trinajstić information content (AvgIpc) is 2.91. The van der Waals surface area contributed by atoms with Crippen LogP contribution in [0.1, 0.15) is 23.6 Å². The lowest BCUT2D eigenvalue weighted by Gasteiger charge is -2.27. The normalized spacial score (nSPS) is 14.9. The maximum absolute atomic E-state index is 13.2. The lowest BCUT2D eigenvalue weighted by atomic mass is 10.1. The third-order valence-corrected chi connectivity index (χ3v) is 5.53. The number of benzene rings is 3. The van der Waals surface area contributed by atoms with Gasteiger partial charge in [0.2, 0.25) is 0 Å². The summed E-state index contributed by atoms with van der Waals surface area (Å²) in [5.74, 6) is -2.61. The van der Waals surface area contributed by atoms with Crippen molar-refractivity contribution in [3.63, 3.8) is 0 Å². The van der Waals surface area contributed by atoms with E-state index in [-0.39, 0.29) is 29.4 Å². The number of anilines is 1. The molecule has 4 rings (SSSR count). The summed E-state index contributed by atoms with van der Waals surface area (Å²) in [6.07, 6.45) is -0.746. The summed E-state index contributed by atoms with van der Waals surface area (Å²) < 4.78 is 50.4.